The molecule has 6 N–H and O–H groups in total. The second-order valence-corrected chi connectivity index (χ2v) is 10.5. The predicted octanol–water partition coefficient (Wildman–Crippen LogP) is 2.01. The van der Waals surface area contributed by atoms with Crippen molar-refractivity contribution in [3.8, 4) is 0 Å². The SMILES string of the molecule is NCCCC[C@H](CC(=O)[C@@H]1CCCN1C(=O)Cc1cccc2ccccc12)C(=O)N[C@@H](Cc1cnc[nH]1)C(N)=O. The number of fused-ring (bicyclic) bond motifs is 1. The van der Waals surface area contributed by atoms with Crippen molar-refractivity contribution in [3.63, 3.8) is 0 Å². The van der Waals surface area contributed by atoms with Crippen LogP contribution < -0.4 is 16.8 Å². The number of amides is 3. The molecule has 2 heterocycles. The van der Waals surface area contributed by atoms with Gasteiger partial charge >= 0.3 is 0 Å². The van der Waals surface area contributed by atoms with E-state index in [2.05, 4.69) is 15.3 Å². The van der Waals surface area contributed by atoms with Gasteiger partial charge in [-0.2, -0.15) is 0 Å². The van der Waals surface area contributed by atoms with Gasteiger partial charge in [0.05, 0.1) is 18.8 Å². The fourth-order valence-corrected chi connectivity index (χ4v) is 5.48. The Morgan fingerprint density at radius 1 is 1.10 bits per heavy atom. The number of hydrogen-bond acceptors (Lipinski definition) is 6. The minimum Gasteiger partial charge on any atom is -0.368 e. The van der Waals surface area contributed by atoms with E-state index in [1.165, 1.54) is 6.33 Å². The van der Waals surface area contributed by atoms with E-state index in [4.69, 9.17) is 11.5 Å². The monoisotopic (exact) mass is 546 g/mol. The summed E-state index contributed by atoms with van der Waals surface area (Å²) in [7, 11) is 0. The summed E-state index contributed by atoms with van der Waals surface area (Å²) in [6, 6.07) is 12.3. The second kappa shape index (κ2) is 13.8. The third-order valence-corrected chi connectivity index (χ3v) is 7.63. The first-order valence-corrected chi connectivity index (χ1v) is 13.9. The van der Waals surface area contributed by atoms with Crippen molar-refractivity contribution < 1.29 is 19.2 Å². The summed E-state index contributed by atoms with van der Waals surface area (Å²) in [6.45, 7) is 0.989. The zero-order valence-corrected chi connectivity index (χ0v) is 22.7. The number of carbonyl (C=O) groups is 4. The highest BCUT2D eigenvalue weighted by atomic mass is 16.2. The van der Waals surface area contributed by atoms with Gasteiger partial charge in [0.25, 0.3) is 0 Å². The lowest BCUT2D eigenvalue weighted by Gasteiger charge is -2.26. The van der Waals surface area contributed by atoms with Gasteiger partial charge in [-0.3, -0.25) is 19.2 Å². The molecule has 40 heavy (non-hydrogen) atoms. The molecule has 3 amide bonds. The van der Waals surface area contributed by atoms with Gasteiger partial charge < -0.3 is 26.7 Å². The molecule has 3 atom stereocenters. The Kier molecular flexibility index (Phi) is 10.0. The molecule has 1 aliphatic heterocycles. The van der Waals surface area contributed by atoms with Crippen LogP contribution in [0.4, 0.5) is 0 Å². The summed E-state index contributed by atoms with van der Waals surface area (Å²) in [4.78, 5) is 60.8. The van der Waals surface area contributed by atoms with E-state index in [0.717, 1.165) is 22.8 Å². The third-order valence-electron chi connectivity index (χ3n) is 7.63. The van der Waals surface area contributed by atoms with Gasteiger partial charge in [-0.25, -0.2) is 4.98 Å². The van der Waals surface area contributed by atoms with E-state index in [9.17, 15) is 19.2 Å². The number of nitrogens with two attached hydrogens (primary N) is 2. The maximum Gasteiger partial charge on any atom is 0.240 e. The van der Waals surface area contributed by atoms with E-state index < -0.39 is 29.8 Å². The topological polar surface area (TPSA) is 164 Å². The van der Waals surface area contributed by atoms with Crippen molar-refractivity contribution in [3.05, 3.63) is 66.2 Å². The van der Waals surface area contributed by atoms with E-state index in [1.54, 1.807) is 11.1 Å². The summed E-state index contributed by atoms with van der Waals surface area (Å²) in [5.74, 6) is -1.96. The lowest BCUT2D eigenvalue weighted by Crippen LogP contribution is -2.49. The van der Waals surface area contributed by atoms with Gasteiger partial charge in [0, 0.05) is 37.2 Å². The van der Waals surface area contributed by atoms with Gasteiger partial charge in [-0.15, -0.1) is 0 Å². The van der Waals surface area contributed by atoms with Gasteiger partial charge in [0.15, 0.2) is 5.78 Å². The maximum absolute atomic E-state index is 13.5. The van der Waals surface area contributed by atoms with Crippen LogP contribution in [0, 0.1) is 5.92 Å². The maximum atomic E-state index is 13.5. The number of imidazole rings is 1. The molecule has 1 aromatic heterocycles. The summed E-state index contributed by atoms with van der Waals surface area (Å²) in [5.41, 5.74) is 12.8. The molecule has 1 saturated heterocycles. The highest BCUT2D eigenvalue weighted by Crippen LogP contribution is 2.26. The number of Topliss-reactive ketones (excluding diaryl/α,β-unsaturated/α-hetero) is 1. The summed E-state index contributed by atoms with van der Waals surface area (Å²) >= 11 is 0. The summed E-state index contributed by atoms with van der Waals surface area (Å²) < 4.78 is 0. The van der Waals surface area contributed by atoms with Crippen LogP contribution in [0.3, 0.4) is 0 Å². The molecule has 0 saturated carbocycles. The number of nitrogens with zero attached hydrogens (tertiary/aromatic N) is 2. The van der Waals surface area contributed by atoms with Crippen molar-refractivity contribution in [2.24, 2.45) is 17.4 Å². The molecule has 0 spiro atoms. The van der Waals surface area contributed by atoms with E-state index in [1.807, 2.05) is 42.5 Å². The number of aromatic nitrogens is 2. The van der Waals surface area contributed by atoms with Crippen LogP contribution in [0.15, 0.2) is 55.0 Å². The lowest BCUT2D eigenvalue weighted by atomic mass is 9.91. The Morgan fingerprint density at radius 3 is 2.65 bits per heavy atom. The average Bonchev–Trinajstić information content (AvgIpc) is 3.65. The molecule has 0 unspecified atom stereocenters. The number of aromatic amines is 1. The molecule has 1 fully saturated rings. The van der Waals surface area contributed by atoms with Gasteiger partial charge in [-0.1, -0.05) is 48.9 Å². The number of benzene rings is 2. The molecule has 0 bridgehead atoms. The number of carbonyl (C=O) groups excluding carboxylic acids is 4. The van der Waals surface area contributed by atoms with Crippen LogP contribution in [0.5, 0.6) is 0 Å². The van der Waals surface area contributed by atoms with Crippen LogP contribution >= 0.6 is 0 Å². The van der Waals surface area contributed by atoms with Crippen molar-refractivity contribution >= 4 is 34.3 Å². The molecule has 1 aliphatic rings. The molecular weight excluding hydrogens is 508 g/mol. The highest BCUT2D eigenvalue weighted by Gasteiger charge is 2.36. The minimum absolute atomic E-state index is 0.0192. The van der Waals surface area contributed by atoms with Crippen molar-refractivity contribution in [2.75, 3.05) is 13.1 Å². The quantitative estimate of drug-likeness (QED) is 0.226. The second-order valence-electron chi connectivity index (χ2n) is 10.5. The smallest absolute Gasteiger partial charge is 0.240 e. The Bertz CT molecular complexity index is 1320. The van der Waals surface area contributed by atoms with E-state index in [-0.39, 0.29) is 31.0 Å². The van der Waals surface area contributed by atoms with Gasteiger partial charge in [0.2, 0.25) is 17.7 Å². The molecule has 2 aromatic carbocycles. The first-order valence-electron chi connectivity index (χ1n) is 13.9. The number of hydrogen-bond donors (Lipinski definition) is 4. The van der Waals surface area contributed by atoms with Crippen molar-refractivity contribution in [1.29, 1.82) is 0 Å². The molecule has 10 heteroatoms. The Hall–Kier alpha value is -4.05. The number of unbranched alkanes of at least 4 members (excludes halogenated alkanes) is 1. The fraction of sp³-hybridized carbons (Fsp3) is 0.433. The fourth-order valence-electron chi connectivity index (χ4n) is 5.48. The minimum atomic E-state index is -0.940. The molecule has 10 nitrogen and oxygen atoms in total. The Morgan fingerprint density at radius 2 is 1.90 bits per heavy atom. The number of rotatable bonds is 14. The van der Waals surface area contributed by atoms with Crippen molar-refractivity contribution in [2.45, 2.75) is 63.5 Å². The molecular formula is C30H38N6O4. The Labute approximate surface area is 233 Å². The Balaban J connectivity index is 1.43. The van der Waals surface area contributed by atoms with Crippen LogP contribution in [-0.2, 0) is 32.0 Å². The van der Waals surface area contributed by atoms with Crippen LogP contribution in [0.1, 0.15) is 49.8 Å². The zero-order chi connectivity index (χ0) is 28.5. The molecule has 0 aliphatic carbocycles. The number of ketones is 1. The highest BCUT2D eigenvalue weighted by molar-refractivity contribution is 5.95. The van der Waals surface area contributed by atoms with E-state index in [0.29, 0.717) is 44.5 Å². The average molecular weight is 547 g/mol. The summed E-state index contributed by atoms with van der Waals surface area (Å²) in [5, 5.41) is 4.83. The summed E-state index contributed by atoms with van der Waals surface area (Å²) in [6.07, 6.45) is 6.53. The van der Waals surface area contributed by atoms with E-state index >= 15 is 0 Å². The number of likely N-dealkylation sites (tertiary alicyclic amines) is 1. The first kappa shape index (κ1) is 28.9. The van der Waals surface area contributed by atoms with Crippen molar-refractivity contribution in [1.82, 2.24) is 20.2 Å². The number of nitrogens with one attached hydrogen (secondary N) is 2. The number of primary amides is 1. The van der Waals surface area contributed by atoms with Gasteiger partial charge in [-0.05, 0) is 48.6 Å². The molecule has 0 radical (unpaired) electrons. The first-order chi connectivity index (χ1) is 19.4. The van der Waals surface area contributed by atoms with Crippen LogP contribution in [0.25, 0.3) is 10.8 Å². The molecule has 3 aromatic rings. The van der Waals surface area contributed by atoms with Gasteiger partial charge in [0.1, 0.15) is 6.04 Å². The lowest BCUT2D eigenvalue weighted by molar-refractivity contribution is -0.138. The largest absolute Gasteiger partial charge is 0.368 e. The van der Waals surface area contributed by atoms with Crippen LogP contribution in [0.2, 0.25) is 0 Å². The van der Waals surface area contributed by atoms with Crippen LogP contribution in [-0.4, -0.2) is 63.5 Å². The molecule has 4 rings (SSSR count). The number of H-pyrrole nitrogens is 1. The normalized spacial score (nSPS) is 16.5. The zero-order valence-electron chi connectivity index (χ0n) is 22.7. The standard InChI is InChI=1S/C30H38N6O4/c31-13-4-3-8-22(30(40)35-25(29(32)39)17-23-18-33-19-34-23)15-27(37)26-12-6-14-36(26)28(38)16-21-10-5-9-20-7-1-2-11-24(20)21/h1-2,5,7,9-11,18-19,22,25-26H,3-4,6,8,12-17,31H2,(H2,32,39)(H,33,34)(H,35,40)/t22-,25+,26+/m1/s1. The third kappa shape index (κ3) is 7.32. The molecule has 212 valence electrons. The predicted molar refractivity (Wildman–Crippen MR) is 152 cm³/mol.